The molecule has 3 heteroatoms. The van der Waals surface area contributed by atoms with Gasteiger partial charge in [0.05, 0.1) is 13.7 Å². The monoisotopic (exact) mass is 241 g/mol. The SMILES string of the molecule is [C-]#[N+]c1cccc(Sc2ccc(OC)cc2)c1. The Bertz CT molecular complexity index is 543. The summed E-state index contributed by atoms with van der Waals surface area (Å²) in [4.78, 5) is 5.62. The zero-order chi connectivity index (χ0) is 12.1. The molecule has 0 N–H and O–H groups in total. The van der Waals surface area contributed by atoms with E-state index in [4.69, 9.17) is 11.3 Å². The van der Waals surface area contributed by atoms with Crippen LogP contribution in [-0.4, -0.2) is 7.11 Å². The second kappa shape index (κ2) is 5.42. The number of nitrogens with zero attached hydrogens (tertiary/aromatic N) is 1. The van der Waals surface area contributed by atoms with E-state index < -0.39 is 0 Å². The summed E-state index contributed by atoms with van der Waals surface area (Å²) >= 11 is 1.64. The highest BCUT2D eigenvalue weighted by Gasteiger charge is 1.99. The molecule has 0 aliphatic rings. The van der Waals surface area contributed by atoms with Crippen LogP contribution in [0.2, 0.25) is 0 Å². The molecule has 2 aromatic carbocycles. The fraction of sp³-hybridized carbons (Fsp3) is 0.0714. The molecule has 2 rings (SSSR count). The first kappa shape index (κ1) is 11.6. The third-order valence-electron chi connectivity index (χ3n) is 2.24. The lowest BCUT2D eigenvalue weighted by Crippen LogP contribution is -1.81. The van der Waals surface area contributed by atoms with Gasteiger partial charge in [-0.15, -0.1) is 0 Å². The van der Waals surface area contributed by atoms with Gasteiger partial charge in [-0.25, -0.2) is 4.85 Å². The molecule has 0 fully saturated rings. The van der Waals surface area contributed by atoms with Gasteiger partial charge in [0.2, 0.25) is 0 Å². The van der Waals surface area contributed by atoms with E-state index in [-0.39, 0.29) is 0 Å². The van der Waals surface area contributed by atoms with Crippen LogP contribution in [0.3, 0.4) is 0 Å². The van der Waals surface area contributed by atoms with Crippen LogP contribution in [0.15, 0.2) is 58.3 Å². The van der Waals surface area contributed by atoms with E-state index in [9.17, 15) is 0 Å². The Morgan fingerprint density at radius 2 is 1.82 bits per heavy atom. The standard InChI is InChI=1S/C14H11NOS/c1-15-11-4-3-5-14(10-11)17-13-8-6-12(16-2)7-9-13/h3-10H,2H3. The molecule has 2 nitrogen and oxygen atoms in total. The van der Waals surface area contributed by atoms with Crippen LogP contribution in [0.4, 0.5) is 5.69 Å². The second-order valence-electron chi connectivity index (χ2n) is 3.39. The highest BCUT2D eigenvalue weighted by Crippen LogP contribution is 2.31. The van der Waals surface area contributed by atoms with Crippen molar-refractivity contribution in [2.24, 2.45) is 0 Å². The molecule has 0 heterocycles. The zero-order valence-corrected chi connectivity index (χ0v) is 10.2. The minimum atomic E-state index is 0.670. The number of hydrogen-bond acceptors (Lipinski definition) is 2. The Balaban J connectivity index is 2.16. The van der Waals surface area contributed by atoms with Crippen LogP contribution < -0.4 is 4.74 Å². The van der Waals surface area contributed by atoms with E-state index in [0.717, 1.165) is 15.5 Å². The summed E-state index contributed by atoms with van der Waals surface area (Å²) in [6, 6.07) is 15.5. The van der Waals surface area contributed by atoms with Crippen molar-refractivity contribution < 1.29 is 4.74 Å². The first-order valence-electron chi connectivity index (χ1n) is 5.11. The van der Waals surface area contributed by atoms with Gasteiger partial charge in [-0.3, -0.25) is 0 Å². The van der Waals surface area contributed by atoms with Crippen molar-refractivity contribution in [3.8, 4) is 5.75 Å². The third-order valence-corrected chi connectivity index (χ3v) is 3.24. The maximum Gasteiger partial charge on any atom is 0.188 e. The lowest BCUT2D eigenvalue weighted by atomic mass is 10.3. The van der Waals surface area contributed by atoms with Gasteiger partial charge in [0.1, 0.15) is 5.75 Å². The predicted octanol–water partition coefficient (Wildman–Crippen LogP) is 4.40. The van der Waals surface area contributed by atoms with Crippen LogP contribution >= 0.6 is 11.8 Å². The minimum Gasteiger partial charge on any atom is -0.497 e. The van der Waals surface area contributed by atoms with Crippen molar-refractivity contribution in [2.45, 2.75) is 9.79 Å². The first-order chi connectivity index (χ1) is 8.31. The molecule has 0 saturated heterocycles. The molecule has 0 amide bonds. The summed E-state index contributed by atoms with van der Waals surface area (Å²) in [5, 5.41) is 0. The molecule has 0 radical (unpaired) electrons. The third kappa shape index (κ3) is 3.02. The van der Waals surface area contributed by atoms with Crippen LogP contribution in [0, 0.1) is 6.57 Å². The molecule has 17 heavy (non-hydrogen) atoms. The second-order valence-corrected chi connectivity index (χ2v) is 4.53. The number of benzene rings is 2. The van der Waals surface area contributed by atoms with Crippen molar-refractivity contribution in [1.82, 2.24) is 0 Å². The molecule has 0 saturated carbocycles. The van der Waals surface area contributed by atoms with Gasteiger partial charge in [0.15, 0.2) is 5.69 Å². The average Bonchev–Trinajstić information content (AvgIpc) is 2.40. The summed E-state index contributed by atoms with van der Waals surface area (Å²) < 4.78 is 5.11. The Labute approximate surface area is 105 Å². The number of hydrogen-bond donors (Lipinski definition) is 0. The maximum absolute atomic E-state index is 6.97. The highest BCUT2D eigenvalue weighted by atomic mass is 32.2. The first-order valence-corrected chi connectivity index (χ1v) is 5.93. The van der Waals surface area contributed by atoms with Gasteiger partial charge in [0.25, 0.3) is 0 Å². The Morgan fingerprint density at radius 1 is 1.06 bits per heavy atom. The van der Waals surface area contributed by atoms with Crippen LogP contribution in [0.25, 0.3) is 4.85 Å². The van der Waals surface area contributed by atoms with Gasteiger partial charge in [0, 0.05) is 9.79 Å². The summed E-state index contributed by atoms with van der Waals surface area (Å²) in [6.45, 7) is 6.97. The van der Waals surface area contributed by atoms with Gasteiger partial charge in [-0.2, -0.15) is 0 Å². The Morgan fingerprint density at radius 3 is 2.47 bits per heavy atom. The van der Waals surface area contributed by atoms with Crippen LogP contribution in [-0.2, 0) is 0 Å². The topological polar surface area (TPSA) is 13.6 Å². The Hall–Kier alpha value is -1.92. The summed E-state index contributed by atoms with van der Waals surface area (Å²) in [5.41, 5.74) is 0.670. The predicted molar refractivity (Wildman–Crippen MR) is 69.8 cm³/mol. The van der Waals surface area contributed by atoms with E-state index in [2.05, 4.69) is 4.85 Å². The molecular weight excluding hydrogens is 230 g/mol. The molecule has 2 aromatic rings. The van der Waals surface area contributed by atoms with Crippen molar-refractivity contribution in [1.29, 1.82) is 0 Å². The summed E-state index contributed by atoms with van der Waals surface area (Å²) in [6.07, 6.45) is 0. The van der Waals surface area contributed by atoms with Gasteiger partial charge < -0.3 is 4.74 Å². The van der Waals surface area contributed by atoms with E-state index >= 15 is 0 Å². The number of methoxy groups -OCH3 is 1. The van der Waals surface area contributed by atoms with Gasteiger partial charge in [-0.1, -0.05) is 30.0 Å². The molecule has 84 valence electrons. The van der Waals surface area contributed by atoms with Crippen molar-refractivity contribution >= 4 is 17.4 Å². The summed E-state index contributed by atoms with van der Waals surface area (Å²) in [5.74, 6) is 0.851. The van der Waals surface area contributed by atoms with E-state index in [1.165, 1.54) is 0 Å². The molecular formula is C14H11NOS. The summed E-state index contributed by atoms with van der Waals surface area (Å²) in [7, 11) is 1.65. The van der Waals surface area contributed by atoms with Crippen molar-refractivity contribution in [3.05, 3.63) is 59.9 Å². The average molecular weight is 241 g/mol. The fourth-order valence-electron chi connectivity index (χ4n) is 1.40. The van der Waals surface area contributed by atoms with Gasteiger partial charge in [-0.05, 0) is 30.3 Å². The lowest BCUT2D eigenvalue weighted by Gasteiger charge is -2.03. The zero-order valence-electron chi connectivity index (χ0n) is 9.38. The smallest absolute Gasteiger partial charge is 0.188 e. The van der Waals surface area contributed by atoms with Crippen LogP contribution in [0.5, 0.6) is 5.75 Å². The number of rotatable bonds is 3. The van der Waals surface area contributed by atoms with E-state index in [1.54, 1.807) is 18.9 Å². The molecule has 0 aromatic heterocycles. The van der Waals surface area contributed by atoms with Gasteiger partial charge >= 0.3 is 0 Å². The quantitative estimate of drug-likeness (QED) is 0.739. The highest BCUT2D eigenvalue weighted by molar-refractivity contribution is 7.99. The van der Waals surface area contributed by atoms with Crippen LogP contribution in [0.1, 0.15) is 0 Å². The lowest BCUT2D eigenvalue weighted by molar-refractivity contribution is 0.414. The maximum atomic E-state index is 6.97. The molecule has 0 spiro atoms. The van der Waals surface area contributed by atoms with Crippen molar-refractivity contribution in [3.63, 3.8) is 0 Å². The van der Waals surface area contributed by atoms with E-state index in [1.807, 2.05) is 48.5 Å². The van der Waals surface area contributed by atoms with E-state index in [0.29, 0.717) is 5.69 Å². The normalized spacial score (nSPS) is 9.65. The fourth-order valence-corrected chi connectivity index (χ4v) is 2.27. The number of ether oxygens (including phenoxy) is 1. The molecule has 0 bridgehead atoms. The van der Waals surface area contributed by atoms with Crippen molar-refractivity contribution in [2.75, 3.05) is 7.11 Å². The molecule has 0 aliphatic heterocycles. The minimum absolute atomic E-state index is 0.670. The largest absolute Gasteiger partial charge is 0.497 e. The molecule has 0 unspecified atom stereocenters. The Kier molecular flexibility index (Phi) is 3.69. The molecule has 0 aliphatic carbocycles. The molecule has 0 atom stereocenters.